The third-order valence-electron chi connectivity index (χ3n) is 5.52. The SMILES string of the molecule is CNC(=O)C1CC(=O)OB([C@H](CC(C)C)NC(=O)C(Cc2ccccc2)NC(=O)c2cnccn2)O1. The van der Waals surface area contributed by atoms with Crippen LogP contribution in [0.15, 0.2) is 48.9 Å². The summed E-state index contributed by atoms with van der Waals surface area (Å²) in [5.74, 6) is -2.76. The topological polar surface area (TPSA) is 149 Å². The van der Waals surface area contributed by atoms with Crippen molar-refractivity contribution in [3.8, 4) is 0 Å². The van der Waals surface area contributed by atoms with Gasteiger partial charge in [-0.25, -0.2) is 4.98 Å². The Balaban J connectivity index is 1.81. The van der Waals surface area contributed by atoms with Crippen molar-refractivity contribution >= 4 is 30.8 Å². The van der Waals surface area contributed by atoms with Crippen LogP contribution in [-0.4, -0.2) is 65.9 Å². The number of likely N-dealkylation sites (N-methyl/N-ethyl adjacent to an activating group) is 1. The summed E-state index contributed by atoms with van der Waals surface area (Å²) < 4.78 is 11.1. The first kappa shape index (κ1) is 26.8. The first-order chi connectivity index (χ1) is 17.3. The van der Waals surface area contributed by atoms with Gasteiger partial charge in [-0.3, -0.25) is 24.2 Å². The minimum atomic E-state index is -1.16. The number of aromatic nitrogens is 2. The van der Waals surface area contributed by atoms with Gasteiger partial charge in [0.15, 0.2) is 0 Å². The van der Waals surface area contributed by atoms with Crippen LogP contribution in [0.3, 0.4) is 0 Å². The number of amides is 3. The predicted octanol–water partition coefficient (Wildman–Crippen LogP) is 0.454. The molecule has 0 bridgehead atoms. The summed E-state index contributed by atoms with van der Waals surface area (Å²) in [6, 6.07) is 8.26. The second-order valence-electron chi connectivity index (χ2n) is 8.85. The van der Waals surface area contributed by atoms with E-state index in [9.17, 15) is 19.2 Å². The van der Waals surface area contributed by atoms with Crippen LogP contribution in [0.2, 0.25) is 0 Å². The van der Waals surface area contributed by atoms with Gasteiger partial charge in [-0.05, 0) is 17.9 Å². The Bertz CT molecular complexity index is 1060. The smallest absolute Gasteiger partial charge is 0.508 e. The molecule has 1 saturated heterocycles. The summed E-state index contributed by atoms with van der Waals surface area (Å²) >= 11 is 0. The van der Waals surface area contributed by atoms with E-state index in [1.54, 1.807) is 0 Å². The molecular weight excluding hydrogens is 465 g/mol. The van der Waals surface area contributed by atoms with Crippen molar-refractivity contribution in [1.82, 2.24) is 25.9 Å². The van der Waals surface area contributed by atoms with Crippen molar-refractivity contribution in [2.75, 3.05) is 7.05 Å². The minimum Gasteiger partial charge on any atom is -0.508 e. The Hall–Kier alpha value is -3.80. The van der Waals surface area contributed by atoms with Gasteiger partial charge in [0.2, 0.25) is 11.8 Å². The second-order valence-corrected chi connectivity index (χ2v) is 8.85. The quantitative estimate of drug-likeness (QED) is 0.403. The van der Waals surface area contributed by atoms with E-state index in [2.05, 4.69) is 25.9 Å². The zero-order valence-corrected chi connectivity index (χ0v) is 20.5. The van der Waals surface area contributed by atoms with Crippen molar-refractivity contribution in [3.05, 3.63) is 60.2 Å². The van der Waals surface area contributed by atoms with E-state index in [4.69, 9.17) is 9.31 Å². The molecule has 2 aromatic rings. The van der Waals surface area contributed by atoms with E-state index in [0.29, 0.717) is 6.42 Å². The number of carbonyl (C=O) groups is 4. The average Bonchev–Trinajstić information content (AvgIpc) is 2.87. The number of nitrogens with one attached hydrogen (secondary N) is 3. The molecule has 0 aliphatic carbocycles. The third kappa shape index (κ3) is 7.60. The largest absolute Gasteiger partial charge is 0.551 e. The van der Waals surface area contributed by atoms with Crippen LogP contribution < -0.4 is 16.0 Å². The lowest BCUT2D eigenvalue weighted by Gasteiger charge is -2.32. The highest BCUT2D eigenvalue weighted by Crippen LogP contribution is 2.18. The molecule has 0 saturated carbocycles. The van der Waals surface area contributed by atoms with E-state index < -0.39 is 48.9 Å². The molecule has 1 aliphatic rings. The lowest BCUT2D eigenvalue weighted by atomic mass is 9.72. The van der Waals surface area contributed by atoms with Crippen LogP contribution in [0.25, 0.3) is 0 Å². The monoisotopic (exact) mass is 495 g/mol. The summed E-state index contributed by atoms with van der Waals surface area (Å²) in [5.41, 5.74) is 0.901. The molecule has 36 heavy (non-hydrogen) atoms. The van der Waals surface area contributed by atoms with Crippen molar-refractivity contribution in [3.63, 3.8) is 0 Å². The van der Waals surface area contributed by atoms with Gasteiger partial charge in [-0.1, -0.05) is 44.2 Å². The fraction of sp³-hybridized carbons (Fsp3) is 0.417. The van der Waals surface area contributed by atoms with Crippen LogP contribution in [-0.2, 0) is 30.1 Å². The molecule has 1 fully saturated rings. The Kier molecular flexibility index (Phi) is 9.51. The summed E-state index contributed by atoms with van der Waals surface area (Å²) in [7, 11) is 0.287. The number of carbonyl (C=O) groups excluding carboxylic acids is 4. The Labute approximate surface area is 209 Å². The van der Waals surface area contributed by atoms with E-state index in [1.807, 2.05) is 44.2 Å². The van der Waals surface area contributed by atoms with Crippen LogP contribution in [0.5, 0.6) is 0 Å². The van der Waals surface area contributed by atoms with E-state index in [0.717, 1.165) is 5.56 Å². The molecule has 0 radical (unpaired) electrons. The maximum absolute atomic E-state index is 13.5. The predicted molar refractivity (Wildman–Crippen MR) is 130 cm³/mol. The van der Waals surface area contributed by atoms with Gasteiger partial charge in [-0.15, -0.1) is 0 Å². The van der Waals surface area contributed by atoms with Crippen molar-refractivity contribution in [2.45, 2.75) is 51.2 Å². The maximum atomic E-state index is 13.5. The Morgan fingerprint density at radius 3 is 2.53 bits per heavy atom. The number of rotatable bonds is 10. The Morgan fingerprint density at radius 1 is 1.14 bits per heavy atom. The van der Waals surface area contributed by atoms with Gasteiger partial charge < -0.3 is 25.3 Å². The molecular formula is C24H30BN5O6. The van der Waals surface area contributed by atoms with Crippen LogP contribution in [0, 0.1) is 5.92 Å². The van der Waals surface area contributed by atoms with Crippen LogP contribution in [0.1, 0.15) is 42.7 Å². The molecule has 190 valence electrons. The standard InChI is InChI=1S/C24H30BN5O6/c1-15(2)11-20(25-35-19(24(34)26-3)13-21(31)36-25)30-22(32)17(12-16-7-5-4-6-8-16)29-23(33)18-14-27-9-10-28-18/h4-10,14-15,17,19-20H,11-13H2,1-3H3,(H,26,34)(H,29,33)(H,30,32)/t17?,19?,20-/m0/s1. The molecule has 11 nitrogen and oxygen atoms in total. The number of nitrogens with zero attached hydrogens (tertiary/aromatic N) is 2. The number of hydrogen-bond donors (Lipinski definition) is 3. The second kappa shape index (κ2) is 12.8. The van der Waals surface area contributed by atoms with Gasteiger partial charge >= 0.3 is 7.12 Å². The highest BCUT2D eigenvalue weighted by Gasteiger charge is 2.44. The molecule has 3 rings (SSSR count). The fourth-order valence-electron chi connectivity index (χ4n) is 3.80. The minimum absolute atomic E-state index is 0.0695. The summed E-state index contributed by atoms with van der Waals surface area (Å²) in [6.45, 7) is 3.88. The molecule has 3 amide bonds. The molecule has 3 atom stereocenters. The lowest BCUT2D eigenvalue weighted by molar-refractivity contribution is -0.149. The first-order valence-corrected chi connectivity index (χ1v) is 11.7. The summed E-state index contributed by atoms with van der Waals surface area (Å²) in [4.78, 5) is 58.4. The van der Waals surface area contributed by atoms with Gasteiger partial charge in [0.1, 0.15) is 17.8 Å². The highest BCUT2D eigenvalue weighted by atomic mass is 16.6. The summed E-state index contributed by atoms with van der Waals surface area (Å²) in [5, 5.41) is 8.05. The van der Waals surface area contributed by atoms with Gasteiger partial charge in [0.25, 0.3) is 11.9 Å². The van der Waals surface area contributed by atoms with E-state index in [1.165, 1.54) is 25.6 Å². The van der Waals surface area contributed by atoms with Crippen LogP contribution >= 0.6 is 0 Å². The molecule has 0 spiro atoms. The Morgan fingerprint density at radius 2 is 1.89 bits per heavy atom. The van der Waals surface area contributed by atoms with Gasteiger partial charge in [0, 0.05) is 25.9 Å². The summed E-state index contributed by atoms with van der Waals surface area (Å²) in [6.07, 6.45) is 3.51. The molecule has 2 unspecified atom stereocenters. The molecule has 1 aliphatic heterocycles. The molecule has 12 heteroatoms. The maximum Gasteiger partial charge on any atom is 0.551 e. The third-order valence-corrected chi connectivity index (χ3v) is 5.52. The number of hydrogen-bond acceptors (Lipinski definition) is 8. The van der Waals surface area contributed by atoms with Crippen molar-refractivity contribution in [1.29, 1.82) is 0 Å². The normalized spacial score (nSPS) is 17.1. The van der Waals surface area contributed by atoms with Crippen molar-refractivity contribution in [2.24, 2.45) is 5.92 Å². The molecule has 1 aromatic carbocycles. The molecule has 3 N–H and O–H groups in total. The first-order valence-electron chi connectivity index (χ1n) is 11.7. The van der Waals surface area contributed by atoms with Gasteiger partial charge in [-0.2, -0.15) is 0 Å². The zero-order chi connectivity index (χ0) is 26.1. The molecule has 1 aromatic heterocycles. The fourth-order valence-corrected chi connectivity index (χ4v) is 3.80. The average molecular weight is 495 g/mol. The number of benzene rings is 1. The van der Waals surface area contributed by atoms with Crippen molar-refractivity contribution < 1.29 is 28.5 Å². The lowest BCUT2D eigenvalue weighted by Crippen LogP contribution is -2.59. The molecule has 2 heterocycles. The van der Waals surface area contributed by atoms with E-state index in [-0.39, 0.29) is 24.5 Å². The highest BCUT2D eigenvalue weighted by molar-refractivity contribution is 6.50. The zero-order valence-electron chi connectivity index (χ0n) is 20.5. The van der Waals surface area contributed by atoms with Gasteiger partial charge in [0.05, 0.1) is 18.6 Å². The van der Waals surface area contributed by atoms with E-state index >= 15 is 0 Å². The van der Waals surface area contributed by atoms with Crippen LogP contribution in [0.4, 0.5) is 0 Å².